The van der Waals surface area contributed by atoms with E-state index in [4.69, 9.17) is 4.74 Å². The summed E-state index contributed by atoms with van der Waals surface area (Å²) in [6.45, 7) is 0.519. The van der Waals surface area contributed by atoms with Gasteiger partial charge in [-0.1, -0.05) is 30.4 Å². The quantitative estimate of drug-likeness (QED) is 0.811. The SMILES string of the molecule is O=C1OCC2Cc3c([nH]c4ccccc34)C(C3C=CCCC3)N12. The summed E-state index contributed by atoms with van der Waals surface area (Å²) in [5, 5.41) is 1.30. The number of nitrogens with zero attached hydrogens (tertiary/aromatic N) is 1. The molecule has 0 saturated carbocycles. The summed E-state index contributed by atoms with van der Waals surface area (Å²) < 4.78 is 5.38. The molecule has 1 aliphatic carbocycles. The second kappa shape index (κ2) is 4.88. The van der Waals surface area contributed by atoms with Crippen molar-refractivity contribution in [1.82, 2.24) is 9.88 Å². The van der Waals surface area contributed by atoms with Crippen LogP contribution in [0.15, 0.2) is 36.4 Å². The van der Waals surface area contributed by atoms with E-state index in [1.54, 1.807) is 0 Å². The van der Waals surface area contributed by atoms with Gasteiger partial charge in [-0.3, -0.25) is 4.90 Å². The van der Waals surface area contributed by atoms with Gasteiger partial charge in [0.1, 0.15) is 6.61 Å². The number of nitrogens with one attached hydrogen (secondary N) is 1. The minimum absolute atomic E-state index is 0.0858. The fraction of sp³-hybridized carbons (Fsp3) is 0.421. The Balaban J connectivity index is 1.70. The number of carbonyl (C=O) groups excluding carboxylic acids is 1. The Bertz CT molecular complexity index is 807. The highest BCUT2D eigenvalue weighted by atomic mass is 16.6. The van der Waals surface area contributed by atoms with Crippen LogP contribution in [0.1, 0.15) is 36.6 Å². The molecule has 5 rings (SSSR count). The third kappa shape index (κ3) is 1.87. The number of hydrogen-bond donors (Lipinski definition) is 1. The van der Waals surface area contributed by atoms with Crippen molar-refractivity contribution in [2.24, 2.45) is 5.92 Å². The summed E-state index contributed by atoms with van der Waals surface area (Å²) in [4.78, 5) is 18.0. The van der Waals surface area contributed by atoms with Crippen molar-refractivity contribution in [1.29, 1.82) is 0 Å². The van der Waals surface area contributed by atoms with Crippen molar-refractivity contribution >= 4 is 17.0 Å². The van der Waals surface area contributed by atoms with Gasteiger partial charge in [0, 0.05) is 22.5 Å². The molecule has 1 fully saturated rings. The van der Waals surface area contributed by atoms with Crippen molar-refractivity contribution in [2.45, 2.75) is 37.8 Å². The molecule has 3 atom stereocenters. The minimum atomic E-state index is -0.150. The molecule has 3 aliphatic rings. The predicted molar refractivity (Wildman–Crippen MR) is 88.2 cm³/mol. The number of cyclic esters (lactones) is 1. The van der Waals surface area contributed by atoms with Crippen LogP contribution in [0.4, 0.5) is 4.79 Å². The van der Waals surface area contributed by atoms with Crippen LogP contribution in [-0.2, 0) is 11.2 Å². The van der Waals surface area contributed by atoms with Crippen LogP contribution >= 0.6 is 0 Å². The summed E-state index contributed by atoms with van der Waals surface area (Å²) in [6, 6.07) is 8.73. The minimum Gasteiger partial charge on any atom is -0.447 e. The van der Waals surface area contributed by atoms with Crippen molar-refractivity contribution in [3.63, 3.8) is 0 Å². The highest BCUT2D eigenvalue weighted by Gasteiger charge is 2.47. The number of allylic oxidation sites excluding steroid dienone is 1. The molecule has 1 saturated heterocycles. The van der Waals surface area contributed by atoms with E-state index in [1.807, 2.05) is 4.90 Å². The lowest BCUT2D eigenvalue weighted by Crippen LogP contribution is -2.45. The average Bonchev–Trinajstić information content (AvgIpc) is 3.15. The second-order valence-electron chi connectivity index (χ2n) is 6.87. The molecule has 2 aromatic rings. The number of hydrogen-bond acceptors (Lipinski definition) is 2. The number of fused-ring (bicyclic) bond motifs is 4. The molecule has 4 nitrogen and oxygen atoms in total. The maximum atomic E-state index is 12.4. The van der Waals surface area contributed by atoms with E-state index in [-0.39, 0.29) is 18.2 Å². The third-order valence-electron chi connectivity index (χ3n) is 5.58. The predicted octanol–water partition coefficient (Wildman–Crippen LogP) is 3.94. The van der Waals surface area contributed by atoms with Gasteiger partial charge in [0.15, 0.2) is 0 Å². The Morgan fingerprint density at radius 3 is 3.04 bits per heavy atom. The number of benzene rings is 1. The summed E-state index contributed by atoms with van der Waals surface area (Å²) in [7, 11) is 0. The molecular weight excluding hydrogens is 288 g/mol. The normalized spacial score (nSPS) is 29.5. The van der Waals surface area contributed by atoms with E-state index in [2.05, 4.69) is 41.4 Å². The van der Waals surface area contributed by atoms with E-state index < -0.39 is 0 Å². The molecule has 3 unspecified atom stereocenters. The van der Waals surface area contributed by atoms with Gasteiger partial charge in [-0.15, -0.1) is 0 Å². The lowest BCUT2D eigenvalue weighted by molar-refractivity contribution is 0.123. The first-order valence-corrected chi connectivity index (χ1v) is 8.54. The van der Waals surface area contributed by atoms with Crippen LogP contribution in [0, 0.1) is 5.92 Å². The summed E-state index contributed by atoms with van der Waals surface area (Å²) in [5.41, 5.74) is 3.78. The highest BCUT2D eigenvalue weighted by Crippen LogP contribution is 2.45. The average molecular weight is 308 g/mol. The molecule has 118 valence electrons. The van der Waals surface area contributed by atoms with Crippen LogP contribution in [-0.4, -0.2) is 28.6 Å². The third-order valence-corrected chi connectivity index (χ3v) is 5.58. The van der Waals surface area contributed by atoms with E-state index in [9.17, 15) is 4.79 Å². The first-order chi connectivity index (χ1) is 11.3. The standard InChI is InChI=1S/C19H20N2O2/c22-19-21-13(11-23-19)10-15-14-8-4-5-9-16(14)20-17(15)18(21)12-6-2-1-3-7-12/h2,4-6,8-9,12-13,18,20H,1,3,7,10-11H2. The number of aromatic nitrogens is 1. The molecule has 23 heavy (non-hydrogen) atoms. The molecular formula is C19H20N2O2. The molecule has 3 heterocycles. The van der Waals surface area contributed by atoms with Crippen LogP contribution in [0.3, 0.4) is 0 Å². The Kier molecular flexibility index (Phi) is 2.81. The van der Waals surface area contributed by atoms with Gasteiger partial charge in [-0.2, -0.15) is 0 Å². The molecule has 0 bridgehead atoms. The second-order valence-corrected chi connectivity index (χ2v) is 6.87. The van der Waals surface area contributed by atoms with Gasteiger partial charge in [0.05, 0.1) is 12.1 Å². The molecule has 1 aromatic heterocycles. The number of aromatic amines is 1. The van der Waals surface area contributed by atoms with E-state index in [0.29, 0.717) is 12.5 Å². The number of carbonyl (C=O) groups is 1. The molecule has 0 spiro atoms. The zero-order valence-electron chi connectivity index (χ0n) is 13.0. The highest BCUT2D eigenvalue weighted by molar-refractivity contribution is 5.86. The smallest absolute Gasteiger partial charge is 0.410 e. The first-order valence-electron chi connectivity index (χ1n) is 8.54. The molecule has 4 heteroatoms. The zero-order valence-corrected chi connectivity index (χ0v) is 13.0. The Hall–Kier alpha value is -2.23. The summed E-state index contributed by atoms with van der Waals surface area (Å²) in [5.74, 6) is 0.379. The Labute approximate surface area is 135 Å². The number of H-pyrrole nitrogens is 1. The van der Waals surface area contributed by atoms with E-state index in [0.717, 1.165) is 19.3 Å². The number of ether oxygens (including phenoxy) is 1. The lowest BCUT2D eigenvalue weighted by Gasteiger charge is -2.39. The lowest BCUT2D eigenvalue weighted by atomic mass is 9.81. The van der Waals surface area contributed by atoms with E-state index in [1.165, 1.54) is 28.6 Å². The fourth-order valence-electron chi connectivity index (χ4n) is 4.56. The maximum Gasteiger partial charge on any atom is 0.410 e. The topological polar surface area (TPSA) is 45.3 Å². The zero-order chi connectivity index (χ0) is 15.4. The van der Waals surface area contributed by atoms with Crippen LogP contribution in [0.5, 0.6) is 0 Å². The van der Waals surface area contributed by atoms with Crippen molar-refractivity contribution in [3.8, 4) is 0 Å². The van der Waals surface area contributed by atoms with Crippen molar-refractivity contribution < 1.29 is 9.53 Å². The Morgan fingerprint density at radius 2 is 2.17 bits per heavy atom. The molecule has 1 N–H and O–H groups in total. The summed E-state index contributed by atoms with van der Waals surface area (Å²) in [6.07, 6.45) is 8.78. The summed E-state index contributed by atoms with van der Waals surface area (Å²) >= 11 is 0. The molecule has 1 aromatic carbocycles. The van der Waals surface area contributed by atoms with Gasteiger partial charge in [0.25, 0.3) is 0 Å². The van der Waals surface area contributed by atoms with Gasteiger partial charge in [-0.25, -0.2) is 4.79 Å². The van der Waals surface area contributed by atoms with Crippen molar-refractivity contribution in [3.05, 3.63) is 47.7 Å². The van der Waals surface area contributed by atoms with E-state index >= 15 is 0 Å². The van der Waals surface area contributed by atoms with Gasteiger partial charge >= 0.3 is 6.09 Å². The maximum absolute atomic E-state index is 12.4. The van der Waals surface area contributed by atoms with Gasteiger partial charge in [0.2, 0.25) is 0 Å². The van der Waals surface area contributed by atoms with Crippen molar-refractivity contribution in [2.75, 3.05) is 6.61 Å². The Morgan fingerprint density at radius 1 is 1.26 bits per heavy atom. The van der Waals surface area contributed by atoms with Crippen LogP contribution in [0.25, 0.3) is 10.9 Å². The number of amides is 1. The number of rotatable bonds is 1. The molecule has 0 radical (unpaired) electrons. The molecule has 1 amide bonds. The first kappa shape index (κ1) is 13.2. The van der Waals surface area contributed by atoms with Gasteiger partial charge < -0.3 is 9.72 Å². The van der Waals surface area contributed by atoms with Gasteiger partial charge in [-0.05, 0) is 37.3 Å². The number of para-hydroxylation sites is 1. The monoisotopic (exact) mass is 308 g/mol. The molecule has 2 aliphatic heterocycles. The van der Waals surface area contributed by atoms with Crippen LogP contribution in [0.2, 0.25) is 0 Å². The fourth-order valence-corrected chi connectivity index (χ4v) is 4.56. The van der Waals surface area contributed by atoms with Crippen LogP contribution < -0.4 is 0 Å². The largest absolute Gasteiger partial charge is 0.447 e.